The molecule has 0 saturated heterocycles. The maximum atomic E-state index is 13.1. The summed E-state index contributed by atoms with van der Waals surface area (Å²) in [6, 6.07) is 20.7. The fraction of sp³-hybridized carbons (Fsp3) is 0.208. The standard InChI is InChI=1S/C24H25N3O3S2/c1-26(2)32(29,30)21-10-11-22-19(15-21)16-23(27(22)17-18-7-4-3-5-8-18)24(28)25-13-12-20-9-6-14-31-20/h3-11,14-16H,12-13,17H2,1-2H3,(H,25,28). The maximum Gasteiger partial charge on any atom is 0.267 e. The van der Waals surface area contributed by atoms with Crippen LogP contribution in [0.25, 0.3) is 10.9 Å². The fourth-order valence-electron chi connectivity index (χ4n) is 3.59. The van der Waals surface area contributed by atoms with E-state index in [2.05, 4.69) is 11.4 Å². The van der Waals surface area contributed by atoms with Gasteiger partial charge in [0.1, 0.15) is 5.69 Å². The molecule has 0 saturated carbocycles. The zero-order valence-electron chi connectivity index (χ0n) is 18.0. The highest BCUT2D eigenvalue weighted by Gasteiger charge is 2.21. The number of nitrogens with one attached hydrogen (secondary N) is 1. The summed E-state index contributed by atoms with van der Waals surface area (Å²) in [5.74, 6) is -0.175. The first-order valence-electron chi connectivity index (χ1n) is 10.3. The Labute approximate surface area is 192 Å². The van der Waals surface area contributed by atoms with Crippen LogP contribution in [0.4, 0.5) is 0 Å². The molecule has 2 heterocycles. The molecule has 0 unspecified atom stereocenters. The van der Waals surface area contributed by atoms with Crippen molar-refractivity contribution in [1.82, 2.24) is 14.2 Å². The van der Waals surface area contributed by atoms with Gasteiger partial charge in [-0.3, -0.25) is 4.79 Å². The van der Waals surface area contributed by atoms with Crippen LogP contribution >= 0.6 is 11.3 Å². The zero-order valence-corrected chi connectivity index (χ0v) is 19.6. The van der Waals surface area contributed by atoms with Gasteiger partial charge in [-0.25, -0.2) is 12.7 Å². The molecule has 0 spiro atoms. The summed E-state index contributed by atoms with van der Waals surface area (Å²) in [7, 11) is -0.553. The van der Waals surface area contributed by atoms with Gasteiger partial charge in [-0.2, -0.15) is 0 Å². The first-order valence-corrected chi connectivity index (χ1v) is 12.6. The number of hydrogen-bond acceptors (Lipinski definition) is 4. The topological polar surface area (TPSA) is 71.4 Å². The third kappa shape index (κ3) is 4.62. The molecular weight excluding hydrogens is 442 g/mol. The van der Waals surface area contributed by atoms with Gasteiger partial charge >= 0.3 is 0 Å². The Hall–Kier alpha value is -2.94. The highest BCUT2D eigenvalue weighted by atomic mass is 32.2. The Morgan fingerprint density at radius 2 is 1.81 bits per heavy atom. The van der Waals surface area contributed by atoms with E-state index in [0.717, 1.165) is 17.5 Å². The molecule has 0 aliphatic carbocycles. The number of fused-ring (bicyclic) bond motifs is 1. The van der Waals surface area contributed by atoms with Crippen LogP contribution in [0.5, 0.6) is 0 Å². The van der Waals surface area contributed by atoms with Crippen LogP contribution in [0.2, 0.25) is 0 Å². The van der Waals surface area contributed by atoms with Crippen molar-refractivity contribution in [2.75, 3.05) is 20.6 Å². The summed E-state index contributed by atoms with van der Waals surface area (Å²) in [5, 5.41) is 5.75. The summed E-state index contributed by atoms with van der Waals surface area (Å²) in [5.41, 5.74) is 2.38. The number of carbonyl (C=O) groups is 1. The van der Waals surface area contributed by atoms with Gasteiger partial charge in [-0.15, -0.1) is 11.3 Å². The number of amides is 1. The van der Waals surface area contributed by atoms with Crippen molar-refractivity contribution < 1.29 is 13.2 Å². The Morgan fingerprint density at radius 1 is 1.03 bits per heavy atom. The Balaban J connectivity index is 1.69. The molecule has 32 heavy (non-hydrogen) atoms. The molecule has 0 aliphatic rings. The van der Waals surface area contributed by atoms with Gasteiger partial charge in [0.05, 0.1) is 4.90 Å². The van der Waals surface area contributed by atoms with Crippen molar-refractivity contribution in [3.8, 4) is 0 Å². The van der Waals surface area contributed by atoms with Crippen LogP contribution in [-0.4, -0.2) is 43.8 Å². The van der Waals surface area contributed by atoms with Gasteiger partial charge in [0.25, 0.3) is 5.91 Å². The van der Waals surface area contributed by atoms with E-state index in [0.29, 0.717) is 24.2 Å². The SMILES string of the molecule is CN(C)S(=O)(=O)c1ccc2c(c1)cc(C(=O)NCCc1cccs1)n2Cc1ccccc1. The summed E-state index contributed by atoms with van der Waals surface area (Å²) in [4.78, 5) is 14.5. The van der Waals surface area contributed by atoms with Gasteiger partial charge in [-0.05, 0) is 47.7 Å². The lowest BCUT2D eigenvalue weighted by Gasteiger charge is -2.13. The fourth-order valence-corrected chi connectivity index (χ4v) is 5.24. The van der Waals surface area contributed by atoms with E-state index in [1.807, 2.05) is 46.3 Å². The molecule has 1 N–H and O–H groups in total. The van der Waals surface area contributed by atoms with E-state index in [1.54, 1.807) is 35.6 Å². The van der Waals surface area contributed by atoms with Crippen LogP contribution < -0.4 is 5.32 Å². The lowest BCUT2D eigenvalue weighted by Crippen LogP contribution is -2.27. The van der Waals surface area contributed by atoms with Crippen LogP contribution in [-0.2, 0) is 23.0 Å². The minimum atomic E-state index is -3.57. The van der Waals surface area contributed by atoms with Crippen LogP contribution in [0.3, 0.4) is 0 Å². The van der Waals surface area contributed by atoms with Gasteiger partial charge in [0, 0.05) is 43.0 Å². The average molecular weight is 468 g/mol. The van der Waals surface area contributed by atoms with Crippen molar-refractivity contribution >= 4 is 38.2 Å². The summed E-state index contributed by atoms with van der Waals surface area (Å²) < 4.78 is 28.3. The zero-order chi connectivity index (χ0) is 22.7. The molecule has 0 fully saturated rings. The number of aromatic nitrogens is 1. The Kier molecular flexibility index (Phi) is 6.45. The monoisotopic (exact) mass is 467 g/mol. The first-order chi connectivity index (χ1) is 15.4. The third-order valence-electron chi connectivity index (χ3n) is 5.30. The first kappa shape index (κ1) is 22.3. The molecule has 8 heteroatoms. The van der Waals surface area contributed by atoms with Crippen molar-refractivity contribution in [3.63, 3.8) is 0 Å². The second-order valence-electron chi connectivity index (χ2n) is 7.69. The summed E-state index contributed by atoms with van der Waals surface area (Å²) >= 11 is 1.67. The van der Waals surface area contributed by atoms with Crippen molar-refractivity contribution in [1.29, 1.82) is 0 Å². The van der Waals surface area contributed by atoms with E-state index >= 15 is 0 Å². The molecule has 0 radical (unpaired) electrons. The van der Waals surface area contributed by atoms with Crippen molar-refractivity contribution in [2.24, 2.45) is 0 Å². The number of rotatable bonds is 8. The predicted molar refractivity (Wildman–Crippen MR) is 129 cm³/mol. The second-order valence-corrected chi connectivity index (χ2v) is 10.9. The highest BCUT2D eigenvalue weighted by molar-refractivity contribution is 7.89. The van der Waals surface area contributed by atoms with Crippen LogP contribution in [0.1, 0.15) is 20.9 Å². The molecule has 166 valence electrons. The lowest BCUT2D eigenvalue weighted by atomic mass is 10.2. The molecule has 0 atom stereocenters. The third-order valence-corrected chi connectivity index (χ3v) is 8.05. The normalized spacial score (nSPS) is 11.8. The molecule has 0 bridgehead atoms. The molecular formula is C24H25N3O3S2. The smallest absolute Gasteiger partial charge is 0.267 e. The average Bonchev–Trinajstić information content (AvgIpc) is 3.42. The van der Waals surface area contributed by atoms with E-state index in [1.165, 1.54) is 23.3 Å². The number of carbonyl (C=O) groups excluding carboxylic acids is 1. The van der Waals surface area contributed by atoms with Crippen molar-refractivity contribution in [2.45, 2.75) is 17.9 Å². The lowest BCUT2D eigenvalue weighted by molar-refractivity contribution is 0.0946. The van der Waals surface area contributed by atoms with E-state index < -0.39 is 10.0 Å². The van der Waals surface area contributed by atoms with Gasteiger partial charge in [0.2, 0.25) is 10.0 Å². The maximum absolute atomic E-state index is 13.1. The van der Waals surface area contributed by atoms with E-state index in [9.17, 15) is 13.2 Å². The number of nitrogens with zero attached hydrogens (tertiary/aromatic N) is 2. The summed E-state index contributed by atoms with van der Waals surface area (Å²) in [6.45, 7) is 1.05. The Morgan fingerprint density at radius 3 is 2.50 bits per heavy atom. The van der Waals surface area contributed by atoms with E-state index in [-0.39, 0.29) is 10.8 Å². The second kappa shape index (κ2) is 9.28. The predicted octanol–water partition coefficient (Wildman–Crippen LogP) is 3.97. The molecule has 2 aromatic heterocycles. The number of thiophene rings is 1. The molecule has 1 amide bonds. The molecule has 4 aromatic rings. The number of benzene rings is 2. The molecule has 4 rings (SSSR count). The van der Waals surface area contributed by atoms with Gasteiger partial charge in [0.15, 0.2) is 0 Å². The molecule has 2 aromatic carbocycles. The van der Waals surface area contributed by atoms with E-state index in [4.69, 9.17) is 0 Å². The largest absolute Gasteiger partial charge is 0.350 e. The molecule has 0 aliphatic heterocycles. The van der Waals surface area contributed by atoms with Gasteiger partial charge in [-0.1, -0.05) is 36.4 Å². The molecule has 6 nitrogen and oxygen atoms in total. The summed E-state index contributed by atoms with van der Waals surface area (Å²) in [6.07, 6.45) is 0.771. The highest BCUT2D eigenvalue weighted by Crippen LogP contribution is 2.26. The van der Waals surface area contributed by atoms with Crippen LogP contribution in [0.15, 0.2) is 77.0 Å². The van der Waals surface area contributed by atoms with Gasteiger partial charge < -0.3 is 9.88 Å². The minimum Gasteiger partial charge on any atom is -0.350 e. The van der Waals surface area contributed by atoms with Crippen LogP contribution in [0, 0.1) is 0 Å². The minimum absolute atomic E-state index is 0.175. The Bertz CT molecular complexity index is 1330. The number of sulfonamides is 1. The quantitative estimate of drug-likeness (QED) is 0.426. The number of hydrogen-bond donors (Lipinski definition) is 1. The van der Waals surface area contributed by atoms with Crippen molar-refractivity contribution in [3.05, 3.63) is 88.2 Å².